The van der Waals surface area contributed by atoms with Gasteiger partial charge in [0, 0.05) is 26.2 Å². The van der Waals surface area contributed by atoms with E-state index < -0.39 is 5.97 Å². The summed E-state index contributed by atoms with van der Waals surface area (Å²) in [6.07, 6.45) is 1.04. The van der Waals surface area contributed by atoms with Crippen molar-refractivity contribution in [1.29, 1.82) is 0 Å². The molecule has 0 fully saturated rings. The first-order chi connectivity index (χ1) is 11.1. The Kier molecular flexibility index (Phi) is 4.73. The van der Waals surface area contributed by atoms with Gasteiger partial charge in [0.25, 0.3) is 5.91 Å². The molecule has 2 N–H and O–H groups in total. The van der Waals surface area contributed by atoms with Gasteiger partial charge in [0.1, 0.15) is 4.88 Å². The first-order valence-corrected chi connectivity index (χ1v) is 8.35. The summed E-state index contributed by atoms with van der Waals surface area (Å²) in [6, 6.07) is 11.5. The summed E-state index contributed by atoms with van der Waals surface area (Å²) >= 11 is 1.00. The molecule has 23 heavy (non-hydrogen) atoms. The van der Waals surface area contributed by atoms with Gasteiger partial charge in [-0.05, 0) is 29.7 Å². The number of amides is 1. The Hall–Kier alpha value is -2.18. The topological polar surface area (TPSA) is 69.6 Å². The van der Waals surface area contributed by atoms with Gasteiger partial charge in [-0.3, -0.25) is 9.69 Å². The highest BCUT2D eigenvalue weighted by atomic mass is 32.1. The summed E-state index contributed by atoms with van der Waals surface area (Å²) in [5, 5.41) is 11.7. The predicted molar refractivity (Wildman–Crippen MR) is 89.0 cm³/mol. The number of nitrogens with zero attached hydrogens (tertiary/aromatic N) is 1. The van der Waals surface area contributed by atoms with Gasteiger partial charge in [-0.25, -0.2) is 4.79 Å². The lowest BCUT2D eigenvalue weighted by molar-refractivity contribution is 0.0702. The maximum absolute atomic E-state index is 12.0. The molecular formula is C17H18N2O3S. The normalized spacial score (nSPS) is 14.3. The van der Waals surface area contributed by atoms with Crippen LogP contribution in [-0.2, 0) is 13.0 Å². The van der Waals surface area contributed by atoms with Crippen molar-refractivity contribution in [3.8, 4) is 0 Å². The molecule has 0 bridgehead atoms. The standard InChI is InChI=1S/C17H18N2O3S/c20-16(14-5-6-15(23-14)17(21)22)18-8-10-19-9-7-12-3-1-2-4-13(12)11-19/h1-6H,7-11H2,(H,18,20)(H,21,22). The maximum atomic E-state index is 12.0. The van der Waals surface area contributed by atoms with E-state index in [4.69, 9.17) is 5.11 Å². The van der Waals surface area contributed by atoms with Crippen molar-refractivity contribution in [2.24, 2.45) is 0 Å². The van der Waals surface area contributed by atoms with Crippen LogP contribution in [0.5, 0.6) is 0 Å². The number of benzene rings is 1. The van der Waals surface area contributed by atoms with Crippen LogP contribution in [0.2, 0.25) is 0 Å². The number of carbonyl (C=O) groups excluding carboxylic acids is 1. The fraction of sp³-hybridized carbons (Fsp3) is 0.294. The van der Waals surface area contributed by atoms with Gasteiger partial charge in [0.2, 0.25) is 0 Å². The molecule has 0 saturated carbocycles. The Balaban J connectivity index is 1.48. The van der Waals surface area contributed by atoms with E-state index in [1.807, 2.05) is 0 Å². The number of fused-ring (bicyclic) bond motifs is 1. The number of carboxylic acid groups (broad SMARTS) is 1. The highest BCUT2D eigenvalue weighted by Gasteiger charge is 2.16. The molecule has 1 aromatic heterocycles. The molecular weight excluding hydrogens is 312 g/mol. The quantitative estimate of drug-likeness (QED) is 0.882. The van der Waals surface area contributed by atoms with Crippen molar-refractivity contribution >= 4 is 23.2 Å². The third-order valence-electron chi connectivity index (χ3n) is 3.96. The molecule has 2 heterocycles. The van der Waals surface area contributed by atoms with Crippen LogP contribution in [0.4, 0.5) is 0 Å². The van der Waals surface area contributed by atoms with Gasteiger partial charge in [0.05, 0.1) is 4.88 Å². The Morgan fingerprint density at radius 3 is 2.61 bits per heavy atom. The van der Waals surface area contributed by atoms with E-state index in [0.717, 1.165) is 37.4 Å². The summed E-state index contributed by atoms with van der Waals surface area (Å²) in [6.45, 7) is 3.25. The number of hydrogen-bond donors (Lipinski definition) is 2. The van der Waals surface area contributed by atoms with Gasteiger partial charge in [-0.2, -0.15) is 0 Å². The van der Waals surface area contributed by atoms with E-state index in [1.165, 1.54) is 17.2 Å². The minimum atomic E-state index is -0.999. The van der Waals surface area contributed by atoms with Gasteiger partial charge in [0.15, 0.2) is 0 Å². The molecule has 1 aliphatic heterocycles. The number of hydrogen-bond acceptors (Lipinski definition) is 4. The third-order valence-corrected chi connectivity index (χ3v) is 5.04. The zero-order valence-electron chi connectivity index (χ0n) is 12.6. The number of carbonyl (C=O) groups is 2. The van der Waals surface area contributed by atoms with Gasteiger partial charge in [-0.1, -0.05) is 24.3 Å². The molecule has 2 aromatic rings. The van der Waals surface area contributed by atoms with E-state index in [2.05, 4.69) is 34.5 Å². The van der Waals surface area contributed by atoms with E-state index in [-0.39, 0.29) is 10.8 Å². The molecule has 1 aliphatic rings. The van der Waals surface area contributed by atoms with Crippen LogP contribution in [0.1, 0.15) is 30.5 Å². The molecule has 5 nitrogen and oxygen atoms in total. The molecule has 1 aromatic carbocycles. The van der Waals surface area contributed by atoms with Crippen LogP contribution in [0.3, 0.4) is 0 Å². The molecule has 0 radical (unpaired) electrons. The lowest BCUT2D eigenvalue weighted by Crippen LogP contribution is -2.37. The van der Waals surface area contributed by atoms with E-state index in [0.29, 0.717) is 11.4 Å². The lowest BCUT2D eigenvalue weighted by atomic mass is 10.00. The lowest BCUT2D eigenvalue weighted by Gasteiger charge is -2.28. The minimum absolute atomic E-state index is 0.183. The fourth-order valence-corrected chi connectivity index (χ4v) is 3.50. The maximum Gasteiger partial charge on any atom is 0.345 e. The molecule has 0 spiro atoms. The molecule has 0 unspecified atom stereocenters. The van der Waals surface area contributed by atoms with Gasteiger partial charge in [-0.15, -0.1) is 11.3 Å². The third kappa shape index (κ3) is 3.78. The zero-order chi connectivity index (χ0) is 16.2. The van der Waals surface area contributed by atoms with Crippen LogP contribution in [-0.4, -0.2) is 41.5 Å². The van der Waals surface area contributed by atoms with Crippen molar-refractivity contribution in [2.75, 3.05) is 19.6 Å². The van der Waals surface area contributed by atoms with Crippen LogP contribution in [0, 0.1) is 0 Å². The summed E-state index contributed by atoms with van der Waals surface area (Å²) in [4.78, 5) is 25.8. The summed E-state index contributed by atoms with van der Waals surface area (Å²) in [7, 11) is 0. The average Bonchev–Trinajstić information content (AvgIpc) is 3.05. The first-order valence-electron chi connectivity index (χ1n) is 7.54. The highest BCUT2D eigenvalue weighted by Crippen LogP contribution is 2.18. The van der Waals surface area contributed by atoms with Crippen molar-refractivity contribution in [2.45, 2.75) is 13.0 Å². The molecule has 0 atom stereocenters. The number of thiophene rings is 1. The summed E-state index contributed by atoms with van der Waals surface area (Å²) in [5.74, 6) is -1.21. The smallest absolute Gasteiger partial charge is 0.345 e. The summed E-state index contributed by atoms with van der Waals surface area (Å²) < 4.78 is 0. The van der Waals surface area contributed by atoms with Gasteiger partial charge < -0.3 is 10.4 Å². The van der Waals surface area contributed by atoms with Crippen LogP contribution in [0.15, 0.2) is 36.4 Å². The number of nitrogens with one attached hydrogen (secondary N) is 1. The largest absolute Gasteiger partial charge is 0.477 e. The van der Waals surface area contributed by atoms with E-state index in [9.17, 15) is 9.59 Å². The Morgan fingerprint density at radius 1 is 1.13 bits per heavy atom. The second-order valence-corrected chi connectivity index (χ2v) is 6.60. The molecule has 1 amide bonds. The average molecular weight is 330 g/mol. The number of aromatic carboxylic acids is 1. The molecule has 0 saturated heterocycles. The van der Waals surface area contributed by atoms with Crippen LogP contribution < -0.4 is 5.32 Å². The second-order valence-electron chi connectivity index (χ2n) is 5.52. The Bertz CT molecular complexity index is 726. The second kappa shape index (κ2) is 6.93. The number of carboxylic acids is 1. The van der Waals surface area contributed by atoms with E-state index in [1.54, 1.807) is 6.07 Å². The Labute approximate surface area is 138 Å². The monoisotopic (exact) mass is 330 g/mol. The van der Waals surface area contributed by atoms with Crippen molar-refractivity contribution in [3.63, 3.8) is 0 Å². The van der Waals surface area contributed by atoms with E-state index >= 15 is 0 Å². The SMILES string of the molecule is O=C(O)c1ccc(C(=O)NCCN2CCc3ccccc3C2)s1. The molecule has 0 aliphatic carbocycles. The summed E-state index contributed by atoms with van der Waals surface area (Å²) in [5.41, 5.74) is 2.77. The molecule has 120 valence electrons. The minimum Gasteiger partial charge on any atom is -0.477 e. The molecule has 3 rings (SSSR count). The predicted octanol–water partition coefficient (Wildman–Crippen LogP) is 2.23. The van der Waals surface area contributed by atoms with Gasteiger partial charge >= 0.3 is 5.97 Å². The Morgan fingerprint density at radius 2 is 1.87 bits per heavy atom. The molecule has 6 heteroatoms. The van der Waals surface area contributed by atoms with Crippen molar-refractivity contribution < 1.29 is 14.7 Å². The zero-order valence-corrected chi connectivity index (χ0v) is 13.4. The van der Waals surface area contributed by atoms with Crippen molar-refractivity contribution in [3.05, 3.63) is 57.3 Å². The number of rotatable bonds is 5. The van der Waals surface area contributed by atoms with Crippen molar-refractivity contribution in [1.82, 2.24) is 10.2 Å². The highest BCUT2D eigenvalue weighted by molar-refractivity contribution is 7.15. The first kappa shape index (κ1) is 15.7. The fourth-order valence-electron chi connectivity index (χ4n) is 2.73. The van der Waals surface area contributed by atoms with Crippen LogP contribution >= 0.6 is 11.3 Å². The van der Waals surface area contributed by atoms with Crippen LogP contribution in [0.25, 0.3) is 0 Å².